The summed E-state index contributed by atoms with van der Waals surface area (Å²) in [5.41, 5.74) is 0. The van der Waals surface area contributed by atoms with Gasteiger partial charge in [0.2, 0.25) is 0 Å². The van der Waals surface area contributed by atoms with Crippen LogP contribution in [0.5, 0.6) is 0 Å². The molecule has 0 fully saturated rings. The van der Waals surface area contributed by atoms with Gasteiger partial charge in [-0.2, -0.15) is 0 Å². The first-order valence-electron chi connectivity index (χ1n) is 5.88. The Morgan fingerprint density at radius 1 is 0.684 bits per heavy atom. The maximum Gasteiger partial charge on any atom is 0.0491 e. The number of benzene rings is 4. The van der Waals surface area contributed by atoms with E-state index in [0.717, 1.165) is 19.4 Å². The van der Waals surface area contributed by atoms with Crippen LogP contribution in [-0.4, -0.2) is 0 Å². The van der Waals surface area contributed by atoms with E-state index in [1.807, 2.05) is 6.07 Å². The number of hydrogen-bond acceptors (Lipinski definition) is 0. The lowest BCUT2D eigenvalue weighted by molar-refractivity contribution is 1.72. The van der Waals surface area contributed by atoms with E-state index >= 15 is 0 Å². The summed E-state index contributed by atoms with van der Waals surface area (Å²) in [6.45, 7) is 0. The van der Waals surface area contributed by atoms with Crippen LogP contribution in [0.3, 0.4) is 0 Å². The Hall–Kier alpha value is -0.830. The first kappa shape index (κ1) is 12.0. The van der Waals surface area contributed by atoms with E-state index in [-0.39, 0.29) is 0 Å². The molecule has 0 amide bonds. The van der Waals surface area contributed by atoms with Crippen molar-refractivity contribution in [1.29, 1.82) is 0 Å². The topological polar surface area (TPSA) is 0 Å². The minimum atomic E-state index is 0.805. The zero-order valence-electron chi connectivity index (χ0n) is 9.68. The number of hydrogen-bond donors (Lipinski definition) is 0. The van der Waals surface area contributed by atoms with Crippen LogP contribution in [0.15, 0.2) is 51.4 Å². The van der Waals surface area contributed by atoms with Crippen LogP contribution < -0.4 is 0 Å². The predicted molar refractivity (Wildman–Crippen MR) is 90.6 cm³/mol. The average molecular weight is 394 g/mol. The molecule has 0 spiro atoms. The molecule has 0 N–H and O–H groups in total. The summed E-state index contributed by atoms with van der Waals surface area (Å²) in [6, 6.07) is 14.7. The lowest BCUT2D eigenvalue weighted by Gasteiger charge is -2.13. The molecule has 4 aromatic rings. The maximum absolute atomic E-state index is 6.43. The molecule has 0 aromatic heterocycles. The Kier molecular flexibility index (Phi) is 2.57. The van der Waals surface area contributed by atoms with Crippen LogP contribution in [0, 0.1) is 0 Å². The highest BCUT2D eigenvalue weighted by atomic mass is 79.9. The van der Waals surface area contributed by atoms with Crippen molar-refractivity contribution in [2.75, 3.05) is 0 Å². The second-order valence-corrected chi connectivity index (χ2v) is 6.75. The summed E-state index contributed by atoms with van der Waals surface area (Å²) in [5, 5.41) is 8.03. The molecule has 3 heteroatoms. The van der Waals surface area contributed by atoms with Gasteiger partial charge in [0.05, 0.1) is 0 Å². The van der Waals surface area contributed by atoms with E-state index in [1.54, 1.807) is 0 Å². The summed E-state index contributed by atoms with van der Waals surface area (Å²) >= 11 is 13.7. The van der Waals surface area contributed by atoms with E-state index in [0.29, 0.717) is 0 Å². The molecule has 0 radical (unpaired) electrons. The Labute approximate surface area is 131 Å². The first-order valence-corrected chi connectivity index (χ1v) is 7.84. The molecule has 0 atom stereocenters. The van der Waals surface area contributed by atoms with E-state index < -0.39 is 0 Å². The molecule has 19 heavy (non-hydrogen) atoms. The second kappa shape index (κ2) is 4.08. The fourth-order valence-corrected chi connectivity index (χ4v) is 3.98. The zero-order chi connectivity index (χ0) is 13.1. The molecule has 0 nitrogen and oxygen atoms in total. The third-order valence-corrected chi connectivity index (χ3v) is 5.32. The number of halogens is 3. The van der Waals surface area contributed by atoms with Crippen molar-refractivity contribution < 1.29 is 0 Å². The van der Waals surface area contributed by atoms with Gasteiger partial charge in [-0.1, -0.05) is 67.7 Å². The Morgan fingerprint density at radius 2 is 1.26 bits per heavy atom. The Morgan fingerprint density at radius 3 is 2.00 bits per heavy atom. The van der Waals surface area contributed by atoms with Gasteiger partial charge in [-0.25, -0.2) is 0 Å². The molecule has 0 heterocycles. The summed E-state index contributed by atoms with van der Waals surface area (Å²) in [7, 11) is 0. The molecule has 0 aliphatic heterocycles. The lowest BCUT2D eigenvalue weighted by Crippen LogP contribution is -1.86. The minimum Gasteiger partial charge on any atom is -0.0836 e. The molecule has 0 saturated heterocycles. The van der Waals surface area contributed by atoms with Gasteiger partial charge in [-0.15, -0.1) is 0 Å². The normalized spacial score (nSPS) is 11.9. The molecule has 4 aromatic carbocycles. The van der Waals surface area contributed by atoms with Crippen LogP contribution >= 0.6 is 43.5 Å². The van der Waals surface area contributed by atoms with Crippen molar-refractivity contribution >= 4 is 75.8 Å². The molecular weight excluding hydrogens is 387 g/mol. The Balaban J connectivity index is 2.48. The van der Waals surface area contributed by atoms with Crippen molar-refractivity contribution in [3.63, 3.8) is 0 Å². The minimum absolute atomic E-state index is 0.805. The molecule has 4 rings (SSSR count). The van der Waals surface area contributed by atoms with Gasteiger partial charge in [0.15, 0.2) is 0 Å². The quantitative estimate of drug-likeness (QED) is 0.289. The van der Waals surface area contributed by atoms with Gasteiger partial charge in [0.1, 0.15) is 0 Å². The van der Waals surface area contributed by atoms with Crippen molar-refractivity contribution in [3.8, 4) is 0 Å². The predicted octanol–water partition coefficient (Wildman–Crippen LogP) is 6.76. The van der Waals surface area contributed by atoms with Crippen molar-refractivity contribution in [2.24, 2.45) is 0 Å². The molecule has 0 saturated carbocycles. The van der Waals surface area contributed by atoms with Crippen molar-refractivity contribution in [3.05, 3.63) is 56.4 Å². The highest BCUT2D eigenvalue weighted by molar-refractivity contribution is 9.11. The molecule has 0 aliphatic carbocycles. The van der Waals surface area contributed by atoms with Crippen LogP contribution in [0.2, 0.25) is 5.02 Å². The monoisotopic (exact) mass is 392 g/mol. The summed E-state index contributed by atoms with van der Waals surface area (Å²) in [4.78, 5) is 0. The van der Waals surface area contributed by atoms with Crippen LogP contribution in [0.4, 0.5) is 0 Å². The SMILES string of the molecule is Clc1cc2ccc(Br)c3ccc4c(Br)ccc1c4c23. The van der Waals surface area contributed by atoms with E-state index in [4.69, 9.17) is 11.6 Å². The first-order chi connectivity index (χ1) is 9.16. The number of rotatable bonds is 0. The van der Waals surface area contributed by atoms with Crippen molar-refractivity contribution in [1.82, 2.24) is 0 Å². The fourth-order valence-electron chi connectivity index (χ4n) is 2.78. The summed E-state index contributed by atoms with van der Waals surface area (Å²) < 4.78 is 2.22. The average Bonchev–Trinajstić information content (AvgIpc) is 2.41. The van der Waals surface area contributed by atoms with Crippen LogP contribution in [0.25, 0.3) is 32.3 Å². The maximum atomic E-state index is 6.43. The van der Waals surface area contributed by atoms with Crippen LogP contribution in [0.1, 0.15) is 0 Å². The van der Waals surface area contributed by atoms with E-state index in [2.05, 4.69) is 68.3 Å². The van der Waals surface area contributed by atoms with Gasteiger partial charge in [-0.3, -0.25) is 0 Å². The van der Waals surface area contributed by atoms with Gasteiger partial charge >= 0.3 is 0 Å². The summed E-state index contributed by atoms with van der Waals surface area (Å²) in [6.07, 6.45) is 0. The highest BCUT2D eigenvalue weighted by Crippen LogP contribution is 2.42. The van der Waals surface area contributed by atoms with Gasteiger partial charge in [-0.05, 0) is 45.1 Å². The van der Waals surface area contributed by atoms with E-state index in [1.165, 1.54) is 26.9 Å². The fraction of sp³-hybridized carbons (Fsp3) is 0. The smallest absolute Gasteiger partial charge is 0.0491 e. The molecule has 0 aliphatic rings. The van der Waals surface area contributed by atoms with Crippen LogP contribution in [-0.2, 0) is 0 Å². The second-order valence-electron chi connectivity index (χ2n) is 4.63. The highest BCUT2D eigenvalue weighted by Gasteiger charge is 2.13. The van der Waals surface area contributed by atoms with Crippen molar-refractivity contribution in [2.45, 2.75) is 0 Å². The van der Waals surface area contributed by atoms with Gasteiger partial charge in [0, 0.05) is 19.4 Å². The molecular formula is C16H7Br2Cl. The summed E-state index contributed by atoms with van der Waals surface area (Å²) in [5.74, 6) is 0. The zero-order valence-corrected chi connectivity index (χ0v) is 13.6. The standard InChI is InChI=1S/C16H7Br2Cl/c17-12-5-1-8-7-14(19)11-4-6-13(18)10-3-2-9(12)15(8)16(10)11/h1-7H. The third-order valence-electron chi connectivity index (χ3n) is 3.62. The Bertz CT molecular complexity index is 939. The molecule has 92 valence electrons. The molecule has 0 unspecified atom stereocenters. The largest absolute Gasteiger partial charge is 0.0836 e. The lowest BCUT2D eigenvalue weighted by atomic mass is 9.94. The van der Waals surface area contributed by atoms with Gasteiger partial charge in [0.25, 0.3) is 0 Å². The third kappa shape index (κ3) is 1.57. The van der Waals surface area contributed by atoms with E-state index in [9.17, 15) is 0 Å². The molecule has 0 bridgehead atoms. The van der Waals surface area contributed by atoms with Gasteiger partial charge < -0.3 is 0 Å².